The number of methoxy groups -OCH3 is 1. The molecule has 2 fully saturated rings. The third-order valence-corrected chi connectivity index (χ3v) is 7.92. The molecule has 43 heavy (non-hydrogen) atoms. The topological polar surface area (TPSA) is 122 Å². The molecule has 0 aliphatic carbocycles. The van der Waals surface area contributed by atoms with Crippen molar-refractivity contribution in [3.63, 3.8) is 0 Å². The van der Waals surface area contributed by atoms with Crippen LogP contribution in [-0.4, -0.2) is 106 Å². The number of hydrogen-bond acceptors (Lipinski definition) is 10. The Hall–Kier alpha value is -4.51. The van der Waals surface area contributed by atoms with Crippen LogP contribution in [0.1, 0.15) is 0 Å². The Morgan fingerprint density at radius 1 is 1.26 bits per heavy atom. The van der Waals surface area contributed by atoms with Gasteiger partial charge < -0.3 is 24.0 Å². The van der Waals surface area contributed by atoms with E-state index in [9.17, 15) is 9.18 Å². The lowest BCUT2D eigenvalue weighted by Crippen LogP contribution is -2.48. The average Bonchev–Trinajstić information content (AvgIpc) is 3.65. The lowest BCUT2D eigenvalue weighted by molar-refractivity contribution is -0.126. The van der Waals surface area contributed by atoms with Crippen molar-refractivity contribution in [1.29, 1.82) is 0 Å². The van der Waals surface area contributed by atoms with Gasteiger partial charge in [-0.3, -0.25) is 14.8 Å². The second kappa shape index (κ2) is 12.0. The van der Waals surface area contributed by atoms with Crippen molar-refractivity contribution < 1.29 is 23.4 Å². The Balaban J connectivity index is 1.42. The molecule has 0 saturated carbocycles. The van der Waals surface area contributed by atoms with E-state index in [1.807, 2.05) is 4.90 Å². The molecule has 2 aliphatic heterocycles. The lowest BCUT2D eigenvalue weighted by Gasteiger charge is -2.35. The predicted molar refractivity (Wildman–Crippen MR) is 158 cm³/mol. The van der Waals surface area contributed by atoms with Crippen molar-refractivity contribution in [2.75, 3.05) is 57.8 Å². The minimum absolute atomic E-state index is 0.0461. The summed E-state index contributed by atoms with van der Waals surface area (Å²) in [6.45, 7) is 7.14. The van der Waals surface area contributed by atoms with Gasteiger partial charge in [0.25, 0.3) is 0 Å². The summed E-state index contributed by atoms with van der Waals surface area (Å²) in [6.07, 6.45) is 9.24. The summed E-state index contributed by atoms with van der Waals surface area (Å²) in [6, 6.07) is 3.10. The van der Waals surface area contributed by atoms with Crippen LogP contribution in [0.15, 0.2) is 37.2 Å². The number of H-pyrrole nitrogens is 1. The zero-order valence-electron chi connectivity index (χ0n) is 23.3. The molecule has 6 rings (SSSR count). The average molecular weight is 607 g/mol. The summed E-state index contributed by atoms with van der Waals surface area (Å²) in [5.41, 5.74) is 0.739. The molecule has 14 heteroatoms. The largest absolute Gasteiger partial charge is 0.456 e. The number of benzene rings is 1. The molecule has 1 amide bonds. The van der Waals surface area contributed by atoms with Crippen molar-refractivity contribution in [2.24, 2.45) is 0 Å². The molecule has 0 unspecified atom stereocenters. The van der Waals surface area contributed by atoms with Crippen LogP contribution in [0, 0.1) is 18.2 Å². The molecule has 2 aliphatic rings. The van der Waals surface area contributed by atoms with Gasteiger partial charge in [0, 0.05) is 58.6 Å². The number of nitrogens with one attached hydrogen (secondary N) is 1. The van der Waals surface area contributed by atoms with Gasteiger partial charge in [0.2, 0.25) is 11.8 Å². The van der Waals surface area contributed by atoms with Gasteiger partial charge in [-0.05, 0) is 12.1 Å². The van der Waals surface area contributed by atoms with E-state index in [0.717, 1.165) is 0 Å². The van der Waals surface area contributed by atoms with Crippen molar-refractivity contribution in [3.05, 3.63) is 48.0 Å². The lowest BCUT2D eigenvalue weighted by atomic mass is 10.2. The summed E-state index contributed by atoms with van der Waals surface area (Å²) < 4.78 is 32.8. The van der Waals surface area contributed by atoms with Crippen LogP contribution < -0.4 is 14.4 Å². The van der Waals surface area contributed by atoms with E-state index in [1.165, 1.54) is 18.3 Å². The first-order valence-electron chi connectivity index (χ1n) is 13.6. The molecule has 2 atom stereocenters. The minimum Gasteiger partial charge on any atom is -0.456 e. The molecule has 222 valence electrons. The van der Waals surface area contributed by atoms with Gasteiger partial charge in [-0.2, -0.15) is 15.1 Å². The molecule has 0 radical (unpaired) electrons. The van der Waals surface area contributed by atoms with Crippen LogP contribution in [0.25, 0.3) is 21.8 Å². The van der Waals surface area contributed by atoms with Gasteiger partial charge in [0.15, 0.2) is 5.75 Å². The molecule has 2 saturated heterocycles. The summed E-state index contributed by atoms with van der Waals surface area (Å²) >= 11 is 6.34. The summed E-state index contributed by atoms with van der Waals surface area (Å²) in [5.74, 6) is 2.54. The van der Waals surface area contributed by atoms with E-state index in [0.29, 0.717) is 73.4 Å². The first kappa shape index (κ1) is 28.6. The number of ether oxygens (including phenoxy) is 3. The molecule has 0 spiro atoms. The predicted octanol–water partition coefficient (Wildman–Crippen LogP) is 3.03. The second-order valence-corrected chi connectivity index (χ2v) is 10.5. The summed E-state index contributed by atoms with van der Waals surface area (Å²) in [5, 5.41) is 7.60. The highest BCUT2D eigenvalue weighted by Gasteiger charge is 2.35. The van der Waals surface area contributed by atoms with Crippen LogP contribution in [-0.2, 0) is 9.53 Å². The quantitative estimate of drug-likeness (QED) is 0.237. The van der Waals surface area contributed by atoms with Crippen molar-refractivity contribution >= 4 is 45.1 Å². The summed E-state index contributed by atoms with van der Waals surface area (Å²) in [7, 11) is 1.62. The van der Waals surface area contributed by atoms with E-state index in [2.05, 4.69) is 32.6 Å². The highest BCUT2D eigenvalue weighted by atomic mass is 35.5. The first-order chi connectivity index (χ1) is 20.9. The minimum atomic E-state index is -0.678. The van der Waals surface area contributed by atoms with Crippen LogP contribution >= 0.6 is 11.6 Å². The number of terminal acetylenes is 1. The van der Waals surface area contributed by atoms with E-state index in [1.54, 1.807) is 24.3 Å². The zero-order chi connectivity index (χ0) is 30.1. The Morgan fingerprint density at radius 2 is 2.05 bits per heavy atom. The number of anilines is 1. The smallest absolute Gasteiger partial charge is 0.319 e. The van der Waals surface area contributed by atoms with Crippen molar-refractivity contribution in [3.8, 4) is 30.0 Å². The maximum atomic E-state index is 14.7. The van der Waals surface area contributed by atoms with Gasteiger partial charge in [-0.25, -0.2) is 9.37 Å². The zero-order valence-corrected chi connectivity index (χ0v) is 24.1. The molecule has 4 aromatic rings. The van der Waals surface area contributed by atoms with Gasteiger partial charge in [0.1, 0.15) is 34.4 Å². The molecule has 1 N–H and O–H groups in total. The van der Waals surface area contributed by atoms with Crippen LogP contribution in [0.5, 0.6) is 17.6 Å². The Kier molecular flexibility index (Phi) is 7.98. The number of halogens is 2. The van der Waals surface area contributed by atoms with Gasteiger partial charge >= 0.3 is 6.01 Å². The second-order valence-electron chi connectivity index (χ2n) is 10.1. The maximum absolute atomic E-state index is 14.7. The van der Waals surface area contributed by atoms with Gasteiger partial charge in [-0.15, -0.1) is 6.42 Å². The number of amides is 1. The molecule has 0 bridgehead atoms. The maximum Gasteiger partial charge on any atom is 0.319 e. The van der Waals surface area contributed by atoms with Gasteiger partial charge in [-0.1, -0.05) is 24.1 Å². The van der Waals surface area contributed by atoms with Crippen LogP contribution in [0.4, 0.5) is 10.2 Å². The standard InChI is InChI=1S/C29H28ClFN8O4/c1-4-8-37-15-21(41-3)22(16-37)42-29-34-25-17(27(35-29)39-11-9-38(10-12-39)23(40)5-2)6-7-32-28(25)43-26-18-14-33-36-20(18)13-19(31)24(26)30/h1,5-7,13-14,21-22H,2,8-12,15-16H2,3H3,(H,33,36)/t21-,22-/m1/s1. The fraction of sp³-hybridized carbons (Fsp3) is 0.345. The highest BCUT2D eigenvalue weighted by Crippen LogP contribution is 2.40. The molecule has 12 nitrogen and oxygen atoms in total. The van der Waals surface area contributed by atoms with E-state index in [4.69, 9.17) is 42.2 Å². The first-order valence-corrected chi connectivity index (χ1v) is 13.9. The number of aromatic amines is 1. The molecule has 5 heterocycles. The number of rotatable bonds is 8. The Bertz CT molecular complexity index is 1740. The fourth-order valence-corrected chi connectivity index (χ4v) is 5.58. The molecule has 3 aromatic heterocycles. The number of aromatic nitrogens is 5. The number of carbonyl (C=O) groups excluding carboxylic acids is 1. The number of hydrogen-bond donors (Lipinski definition) is 1. The van der Waals surface area contributed by atoms with E-state index < -0.39 is 11.9 Å². The molecular weight excluding hydrogens is 579 g/mol. The number of fused-ring (bicyclic) bond motifs is 2. The highest BCUT2D eigenvalue weighted by molar-refractivity contribution is 6.33. The Morgan fingerprint density at radius 3 is 2.79 bits per heavy atom. The number of likely N-dealkylation sites (tertiary alicyclic amines) is 1. The van der Waals surface area contributed by atoms with Crippen molar-refractivity contribution in [2.45, 2.75) is 12.2 Å². The SMILES string of the molecule is C#CCN1C[C@@H](OC)[C@H](Oc2nc(N3CCN(C(=O)C=C)CC3)c3ccnc(Oc4c(Cl)c(F)cc5[nH]ncc45)c3n2)C1. The molecular formula is C29H28ClFN8O4. The number of carbonyl (C=O) groups is 1. The number of pyridine rings is 1. The van der Waals surface area contributed by atoms with Gasteiger partial charge in [0.05, 0.1) is 29.0 Å². The fourth-order valence-electron chi connectivity index (χ4n) is 5.38. The number of nitrogens with zero attached hydrogens (tertiary/aromatic N) is 7. The third kappa shape index (κ3) is 5.52. The Labute approximate surface area is 251 Å². The number of piperazine rings is 1. The van der Waals surface area contributed by atoms with E-state index >= 15 is 0 Å². The monoisotopic (exact) mass is 606 g/mol. The third-order valence-electron chi connectivity index (χ3n) is 7.56. The van der Waals surface area contributed by atoms with Crippen molar-refractivity contribution in [1.82, 2.24) is 34.9 Å². The van der Waals surface area contributed by atoms with E-state index in [-0.39, 0.29) is 34.7 Å². The van der Waals surface area contributed by atoms with Crippen LogP contribution in [0.2, 0.25) is 5.02 Å². The summed E-state index contributed by atoms with van der Waals surface area (Å²) in [4.78, 5) is 32.0. The molecule has 1 aromatic carbocycles. The van der Waals surface area contributed by atoms with Crippen LogP contribution in [0.3, 0.4) is 0 Å². The normalized spacial score (nSPS) is 19.1.